The van der Waals surface area contributed by atoms with E-state index in [1.807, 2.05) is 24.3 Å². The monoisotopic (exact) mass is 933 g/mol. The number of aromatic nitrogens is 4. The van der Waals surface area contributed by atoms with Crippen molar-refractivity contribution in [3.8, 4) is 34.3 Å². The van der Waals surface area contributed by atoms with Crippen LogP contribution in [-0.2, 0) is 41.8 Å². The number of nitrogens with zero attached hydrogens (tertiary/aromatic N) is 4. The van der Waals surface area contributed by atoms with E-state index >= 15 is 0 Å². The fourth-order valence-corrected chi connectivity index (χ4v) is 8.16. The molecule has 1 aliphatic rings. The van der Waals surface area contributed by atoms with Gasteiger partial charge in [-0.3, -0.25) is 0 Å². The Bertz CT molecular complexity index is 1850. The van der Waals surface area contributed by atoms with Gasteiger partial charge >= 0.3 is 11.9 Å². The van der Waals surface area contributed by atoms with Crippen molar-refractivity contribution in [2.45, 2.75) is 167 Å². The van der Waals surface area contributed by atoms with Crippen molar-refractivity contribution >= 4 is 11.9 Å². The molecule has 0 amide bonds. The highest BCUT2D eigenvalue weighted by molar-refractivity contribution is 5.81. The van der Waals surface area contributed by atoms with Crippen LogP contribution in [0.3, 0.4) is 0 Å². The maximum Gasteiger partial charge on any atom is 0.330 e. The lowest BCUT2D eigenvalue weighted by Gasteiger charge is -2.31. The van der Waals surface area contributed by atoms with Crippen LogP contribution in [0, 0.1) is 0 Å². The van der Waals surface area contributed by atoms with Gasteiger partial charge in [-0.05, 0) is 49.7 Å². The van der Waals surface area contributed by atoms with Crippen molar-refractivity contribution in [2.24, 2.45) is 0 Å². The second kappa shape index (κ2) is 33.1. The minimum absolute atomic E-state index is 0.0485. The number of unbranched alkanes of at least 4 members (excludes halogenated alkanes) is 16. The van der Waals surface area contributed by atoms with E-state index in [0.29, 0.717) is 62.8 Å². The predicted molar refractivity (Wildman–Crippen MR) is 267 cm³/mol. The molecule has 2 heterocycles. The van der Waals surface area contributed by atoms with E-state index in [-0.39, 0.29) is 24.1 Å². The summed E-state index contributed by atoms with van der Waals surface area (Å²) in [5, 5.41) is 0. The van der Waals surface area contributed by atoms with Crippen molar-refractivity contribution in [1.82, 2.24) is 19.9 Å². The van der Waals surface area contributed by atoms with Gasteiger partial charge in [0.25, 0.3) is 0 Å². The molecule has 2 atom stereocenters. The Morgan fingerprint density at radius 1 is 0.456 bits per heavy atom. The normalized spacial score (nSPS) is 14.5. The number of esters is 2. The van der Waals surface area contributed by atoms with Crippen LogP contribution >= 0.6 is 0 Å². The van der Waals surface area contributed by atoms with Crippen molar-refractivity contribution in [2.75, 3.05) is 26.4 Å². The molecule has 0 spiro atoms. The van der Waals surface area contributed by atoms with Gasteiger partial charge in [0.1, 0.15) is 0 Å². The molecule has 1 fully saturated rings. The third-order valence-electron chi connectivity index (χ3n) is 12.2. The second-order valence-electron chi connectivity index (χ2n) is 17.7. The van der Waals surface area contributed by atoms with Crippen molar-refractivity contribution in [3.63, 3.8) is 0 Å². The highest BCUT2D eigenvalue weighted by Crippen LogP contribution is 2.27. The largest absolute Gasteiger partial charge is 0.490 e. The Hall–Kier alpha value is -5.46. The quantitative estimate of drug-likeness (QED) is 0.0243. The number of hydrogen-bond acceptors (Lipinski definition) is 12. The standard InChI is InChI=1S/C56H76N4O8/c1-3-53(61)65-37-23-17-13-9-5-7-11-15-21-35-63-49-39-57-55(58-40-49)47-31-27-45(28-32-47)43-67-51-25-19-20-26-52(51)68-44-46-29-33-48(34-30-46)56-59-41-50(42-60-56)64-36-22-16-12-8-6-10-14-18-24-38-66-54(62)4-2/h3-4,27-34,39-42,51-52H,1-2,5-26,35-38,43-44H2/t51-,52-/m1/s1. The molecule has 68 heavy (non-hydrogen) atoms. The minimum Gasteiger partial charge on any atom is -0.490 e. The Labute approximate surface area is 405 Å². The van der Waals surface area contributed by atoms with Gasteiger partial charge in [-0.15, -0.1) is 0 Å². The zero-order chi connectivity index (χ0) is 47.7. The molecule has 0 bridgehead atoms. The average Bonchev–Trinajstić information content (AvgIpc) is 3.38. The van der Waals surface area contributed by atoms with E-state index in [2.05, 4.69) is 57.4 Å². The molecular formula is C56H76N4O8. The van der Waals surface area contributed by atoms with Crippen LogP contribution in [0.5, 0.6) is 11.5 Å². The third kappa shape index (κ3) is 21.7. The first-order chi connectivity index (χ1) is 33.5. The average molecular weight is 933 g/mol. The number of rotatable bonds is 36. The predicted octanol–water partition coefficient (Wildman–Crippen LogP) is 12.9. The smallest absolute Gasteiger partial charge is 0.330 e. The minimum atomic E-state index is -0.339. The fourth-order valence-electron chi connectivity index (χ4n) is 8.16. The van der Waals surface area contributed by atoms with Gasteiger partial charge in [0, 0.05) is 23.3 Å². The third-order valence-corrected chi connectivity index (χ3v) is 12.2. The summed E-state index contributed by atoms with van der Waals surface area (Å²) in [6.45, 7) is 10.2. The van der Waals surface area contributed by atoms with Gasteiger partial charge in [-0.1, -0.05) is 164 Å². The summed E-state index contributed by atoms with van der Waals surface area (Å²) in [6.07, 6.45) is 34.3. The summed E-state index contributed by atoms with van der Waals surface area (Å²) in [5.41, 5.74) is 4.12. The number of benzene rings is 2. The highest BCUT2D eigenvalue weighted by Gasteiger charge is 2.27. The van der Waals surface area contributed by atoms with Crippen LogP contribution in [0.1, 0.15) is 152 Å². The van der Waals surface area contributed by atoms with Gasteiger partial charge in [0.05, 0.1) is 76.6 Å². The molecule has 1 aliphatic carbocycles. The van der Waals surface area contributed by atoms with E-state index in [1.54, 1.807) is 24.8 Å². The molecule has 0 radical (unpaired) electrons. The number of hydrogen-bond donors (Lipinski definition) is 0. The van der Waals surface area contributed by atoms with Crippen molar-refractivity contribution < 1.29 is 38.0 Å². The molecule has 368 valence electrons. The van der Waals surface area contributed by atoms with E-state index in [1.165, 1.54) is 76.4 Å². The number of ether oxygens (including phenoxy) is 6. The van der Waals surface area contributed by atoms with Crippen molar-refractivity contribution in [1.29, 1.82) is 0 Å². The zero-order valence-electron chi connectivity index (χ0n) is 40.5. The van der Waals surface area contributed by atoms with Crippen LogP contribution < -0.4 is 9.47 Å². The molecule has 2 aromatic carbocycles. The molecule has 0 N–H and O–H groups in total. The van der Waals surface area contributed by atoms with Crippen molar-refractivity contribution in [3.05, 3.63) is 110 Å². The summed E-state index contributed by atoms with van der Waals surface area (Å²) < 4.78 is 34.8. The zero-order valence-corrected chi connectivity index (χ0v) is 40.5. The molecule has 12 nitrogen and oxygen atoms in total. The van der Waals surface area contributed by atoms with Crippen LogP contribution in [0.15, 0.2) is 98.6 Å². The van der Waals surface area contributed by atoms with Gasteiger partial charge in [-0.25, -0.2) is 29.5 Å². The molecule has 4 aromatic rings. The molecule has 0 unspecified atom stereocenters. The molecular weight excluding hydrogens is 857 g/mol. The second-order valence-corrected chi connectivity index (χ2v) is 17.7. The SMILES string of the molecule is C=CC(=O)OCCCCCCCCCCCOc1cnc(-c2ccc(CO[C@@H]3CCCC[C@H]3OCc3ccc(-c4ncc(OCCCCCCCCCCCOC(=O)C=C)cn4)cc3)cc2)nc1. The topological polar surface area (TPSA) is 141 Å². The maximum absolute atomic E-state index is 11.1. The first kappa shape index (κ1) is 53.5. The van der Waals surface area contributed by atoms with Gasteiger partial charge in [0.2, 0.25) is 0 Å². The summed E-state index contributed by atoms with van der Waals surface area (Å²) in [4.78, 5) is 40.4. The van der Waals surface area contributed by atoms with Crippen LogP contribution in [0.25, 0.3) is 22.8 Å². The van der Waals surface area contributed by atoms with Gasteiger partial charge in [0.15, 0.2) is 23.1 Å². The maximum atomic E-state index is 11.1. The Kier molecular flexibility index (Phi) is 26.0. The highest BCUT2D eigenvalue weighted by atomic mass is 16.5. The number of carbonyl (C=O) groups is 2. The summed E-state index contributed by atoms with van der Waals surface area (Å²) in [7, 11) is 0. The lowest BCUT2D eigenvalue weighted by atomic mass is 9.94. The van der Waals surface area contributed by atoms with Gasteiger partial charge in [-0.2, -0.15) is 0 Å². The lowest BCUT2D eigenvalue weighted by Crippen LogP contribution is -2.34. The van der Waals surface area contributed by atoms with E-state index in [0.717, 1.165) is 99.3 Å². The van der Waals surface area contributed by atoms with Crippen LogP contribution in [0.2, 0.25) is 0 Å². The van der Waals surface area contributed by atoms with Gasteiger partial charge < -0.3 is 28.4 Å². The van der Waals surface area contributed by atoms with Crippen LogP contribution in [-0.4, -0.2) is 70.5 Å². The molecule has 0 aliphatic heterocycles. The van der Waals surface area contributed by atoms with Crippen LogP contribution in [0.4, 0.5) is 0 Å². The summed E-state index contributed by atoms with van der Waals surface area (Å²) in [5.74, 6) is 2.05. The summed E-state index contributed by atoms with van der Waals surface area (Å²) >= 11 is 0. The lowest BCUT2D eigenvalue weighted by molar-refractivity contribution is -0.138. The molecule has 2 aromatic heterocycles. The van der Waals surface area contributed by atoms with E-state index in [4.69, 9.17) is 28.4 Å². The summed E-state index contributed by atoms with van der Waals surface area (Å²) in [6, 6.07) is 16.5. The number of carbonyl (C=O) groups excluding carboxylic acids is 2. The Morgan fingerprint density at radius 2 is 0.765 bits per heavy atom. The van der Waals surface area contributed by atoms with E-state index < -0.39 is 0 Å². The Balaban J connectivity index is 0.901. The molecule has 12 heteroatoms. The molecule has 0 saturated heterocycles. The fraction of sp³-hybridized carbons (Fsp3) is 0.536. The molecule has 1 saturated carbocycles. The molecule has 5 rings (SSSR count). The first-order valence-corrected chi connectivity index (χ1v) is 25.4. The van der Waals surface area contributed by atoms with E-state index in [9.17, 15) is 9.59 Å². The first-order valence-electron chi connectivity index (χ1n) is 25.4. The Morgan fingerprint density at radius 3 is 1.09 bits per heavy atom.